The minimum atomic E-state index is -0.903. The lowest BCUT2D eigenvalue weighted by molar-refractivity contribution is -0.140. The molecule has 0 radical (unpaired) electrons. The normalized spacial score (nSPS) is 17.0. The second kappa shape index (κ2) is 7.24. The van der Waals surface area contributed by atoms with Gasteiger partial charge in [-0.05, 0) is 37.0 Å². The maximum absolute atomic E-state index is 12.3. The first kappa shape index (κ1) is 17.0. The number of carboxylic acid groups (broad SMARTS) is 1. The van der Waals surface area contributed by atoms with Gasteiger partial charge in [0, 0.05) is 17.7 Å². The molecule has 1 fully saturated rings. The van der Waals surface area contributed by atoms with Gasteiger partial charge in [0.2, 0.25) is 5.91 Å². The van der Waals surface area contributed by atoms with E-state index in [1.54, 1.807) is 0 Å². The van der Waals surface area contributed by atoms with Crippen molar-refractivity contribution in [1.82, 2.24) is 5.32 Å². The fourth-order valence-corrected chi connectivity index (χ4v) is 3.10. The number of carbonyl (C=O) groups is 2. The van der Waals surface area contributed by atoms with Crippen molar-refractivity contribution in [1.29, 1.82) is 0 Å². The first-order valence-corrected chi connectivity index (χ1v) is 8.05. The lowest BCUT2D eigenvalue weighted by atomic mass is 9.86. The van der Waals surface area contributed by atoms with Crippen molar-refractivity contribution in [2.45, 2.75) is 38.1 Å². The van der Waals surface area contributed by atoms with Gasteiger partial charge in [-0.3, -0.25) is 9.59 Å². The molecule has 1 aliphatic heterocycles. The molecule has 120 valence electrons. The number of ether oxygens (including phenoxy) is 1. The Kier molecular flexibility index (Phi) is 5.58. The van der Waals surface area contributed by atoms with Gasteiger partial charge in [-0.15, -0.1) is 0 Å². The summed E-state index contributed by atoms with van der Waals surface area (Å²) in [4.78, 5) is 23.4. The number of rotatable bonds is 5. The summed E-state index contributed by atoms with van der Waals surface area (Å²) in [6, 6.07) is 5.78. The number of hydrogen-bond donors (Lipinski definition) is 2. The van der Waals surface area contributed by atoms with Crippen LogP contribution in [0.2, 0.25) is 0 Å². The third-order valence-corrected chi connectivity index (χ3v) is 4.80. The highest BCUT2D eigenvalue weighted by Gasteiger charge is 2.36. The molecular formula is C16H20BrNO4. The van der Waals surface area contributed by atoms with Crippen molar-refractivity contribution in [3.8, 4) is 0 Å². The molecule has 0 spiro atoms. The Morgan fingerprint density at radius 2 is 2.05 bits per heavy atom. The van der Waals surface area contributed by atoms with E-state index in [2.05, 4.69) is 21.2 Å². The van der Waals surface area contributed by atoms with Crippen molar-refractivity contribution in [3.05, 3.63) is 33.8 Å². The molecule has 1 amide bonds. The molecule has 22 heavy (non-hydrogen) atoms. The standard InChI is InChI=1S/C16H20BrNO4/c1-11-2-3-12(8-13(11)17)9-14(19)18-16(10-15(20)21)4-6-22-7-5-16/h2-3,8H,4-7,9-10H2,1H3,(H,18,19)(H,20,21). The highest BCUT2D eigenvalue weighted by Crippen LogP contribution is 2.25. The van der Waals surface area contributed by atoms with Crippen molar-refractivity contribution in [3.63, 3.8) is 0 Å². The molecule has 1 saturated heterocycles. The first-order valence-electron chi connectivity index (χ1n) is 7.26. The van der Waals surface area contributed by atoms with E-state index in [4.69, 9.17) is 9.84 Å². The summed E-state index contributed by atoms with van der Waals surface area (Å²) in [5.74, 6) is -1.06. The van der Waals surface area contributed by atoms with Gasteiger partial charge in [0.05, 0.1) is 18.4 Å². The average molecular weight is 370 g/mol. The Hall–Kier alpha value is -1.40. The summed E-state index contributed by atoms with van der Waals surface area (Å²) < 4.78 is 6.25. The summed E-state index contributed by atoms with van der Waals surface area (Å²) in [5.41, 5.74) is 1.31. The predicted octanol–water partition coefficient (Wildman–Crippen LogP) is 2.44. The minimum Gasteiger partial charge on any atom is -0.481 e. The molecule has 2 N–H and O–H groups in total. The van der Waals surface area contributed by atoms with Crippen LogP contribution in [0.4, 0.5) is 0 Å². The molecule has 5 nitrogen and oxygen atoms in total. The molecule has 0 aliphatic carbocycles. The predicted molar refractivity (Wildman–Crippen MR) is 85.8 cm³/mol. The Morgan fingerprint density at radius 3 is 2.64 bits per heavy atom. The van der Waals surface area contributed by atoms with Crippen LogP contribution in [0.25, 0.3) is 0 Å². The number of nitrogens with one attached hydrogen (secondary N) is 1. The number of carboxylic acids is 1. The van der Waals surface area contributed by atoms with Crippen molar-refractivity contribution >= 4 is 27.8 Å². The van der Waals surface area contributed by atoms with E-state index in [1.807, 2.05) is 25.1 Å². The number of aliphatic carboxylic acids is 1. The minimum absolute atomic E-state index is 0.0697. The molecule has 0 atom stereocenters. The molecule has 6 heteroatoms. The first-order chi connectivity index (χ1) is 10.4. The fraction of sp³-hybridized carbons (Fsp3) is 0.500. The number of benzene rings is 1. The van der Waals surface area contributed by atoms with E-state index in [0.29, 0.717) is 26.1 Å². The van der Waals surface area contributed by atoms with Crippen molar-refractivity contribution < 1.29 is 19.4 Å². The summed E-state index contributed by atoms with van der Waals surface area (Å²) in [7, 11) is 0. The molecule has 1 aliphatic rings. The molecule has 2 rings (SSSR count). The third-order valence-electron chi connectivity index (χ3n) is 3.95. The van der Waals surface area contributed by atoms with Gasteiger partial charge in [-0.1, -0.05) is 28.1 Å². The lowest BCUT2D eigenvalue weighted by Gasteiger charge is -2.36. The Labute approximate surface area is 138 Å². The van der Waals surface area contributed by atoms with Crippen molar-refractivity contribution in [2.75, 3.05) is 13.2 Å². The maximum atomic E-state index is 12.3. The van der Waals surface area contributed by atoms with E-state index in [1.165, 1.54) is 0 Å². The van der Waals surface area contributed by atoms with Crippen LogP contribution in [0.5, 0.6) is 0 Å². The van der Waals surface area contributed by atoms with Gasteiger partial charge in [0.25, 0.3) is 0 Å². The topological polar surface area (TPSA) is 75.6 Å². The summed E-state index contributed by atoms with van der Waals surface area (Å²) in [6.45, 7) is 2.94. The number of halogens is 1. The SMILES string of the molecule is Cc1ccc(CC(=O)NC2(CC(=O)O)CCOCC2)cc1Br. The molecule has 0 saturated carbocycles. The number of carbonyl (C=O) groups excluding carboxylic acids is 1. The zero-order chi connectivity index (χ0) is 16.2. The van der Waals surface area contributed by atoms with E-state index in [-0.39, 0.29) is 18.7 Å². The summed E-state index contributed by atoms with van der Waals surface area (Å²) >= 11 is 3.45. The maximum Gasteiger partial charge on any atom is 0.305 e. The van der Waals surface area contributed by atoms with E-state index < -0.39 is 11.5 Å². The summed E-state index contributed by atoms with van der Waals surface area (Å²) in [6.07, 6.45) is 1.23. The highest BCUT2D eigenvalue weighted by atomic mass is 79.9. The van der Waals surface area contributed by atoms with E-state index in [9.17, 15) is 9.59 Å². The van der Waals surface area contributed by atoms with Gasteiger partial charge in [-0.2, -0.15) is 0 Å². The largest absolute Gasteiger partial charge is 0.481 e. The van der Waals surface area contributed by atoms with E-state index in [0.717, 1.165) is 15.6 Å². The molecule has 1 aromatic carbocycles. The molecule has 1 heterocycles. The monoisotopic (exact) mass is 369 g/mol. The summed E-state index contributed by atoms with van der Waals surface area (Å²) in [5, 5.41) is 12.0. The Bertz CT molecular complexity index is 567. The Balaban J connectivity index is 2.04. The lowest BCUT2D eigenvalue weighted by Crippen LogP contribution is -2.53. The zero-order valence-corrected chi connectivity index (χ0v) is 14.1. The van der Waals surface area contributed by atoms with Gasteiger partial charge in [0.15, 0.2) is 0 Å². The molecular weight excluding hydrogens is 350 g/mol. The quantitative estimate of drug-likeness (QED) is 0.835. The smallest absolute Gasteiger partial charge is 0.305 e. The molecule has 1 aromatic rings. The van der Waals surface area contributed by atoms with Crippen LogP contribution in [0.3, 0.4) is 0 Å². The zero-order valence-electron chi connectivity index (χ0n) is 12.5. The van der Waals surface area contributed by atoms with Crippen LogP contribution in [0.1, 0.15) is 30.4 Å². The number of aryl methyl sites for hydroxylation is 1. The van der Waals surface area contributed by atoms with Crippen LogP contribution in [-0.2, 0) is 20.7 Å². The van der Waals surface area contributed by atoms with Crippen molar-refractivity contribution in [2.24, 2.45) is 0 Å². The molecule has 0 aromatic heterocycles. The van der Waals surface area contributed by atoms with Crippen LogP contribution in [0, 0.1) is 6.92 Å². The number of hydrogen-bond acceptors (Lipinski definition) is 3. The number of amides is 1. The molecule has 0 unspecified atom stereocenters. The Morgan fingerprint density at radius 1 is 1.36 bits per heavy atom. The van der Waals surface area contributed by atoms with Crippen LogP contribution >= 0.6 is 15.9 Å². The van der Waals surface area contributed by atoms with Crippen LogP contribution < -0.4 is 5.32 Å². The molecule has 0 bridgehead atoms. The van der Waals surface area contributed by atoms with Gasteiger partial charge in [0.1, 0.15) is 0 Å². The van der Waals surface area contributed by atoms with Crippen LogP contribution in [0.15, 0.2) is 22.7 Å². The fourth-order valence-electron chi connectivity index (χ4n) is 2.67. The van der Waals surface area contributed by atoms with Gasteiger partial charge in [-0.25, -0.2) is 0 Å². The highest BCUT2D eigenvalue weighted by molar-refractivity contribution is 9.10. The second-order valence-electron chi connectivity index (χ2n) is 5.77. The van der Waals surface area contributed by atoms with Gasteiger partial charge < -0.3 is 15.2 Å². The van der Waals surface area contributed by atoms with Crippen LogP contribution in [-0.4, -0.2) is 35.7 Å². The average Bonchev–Trinajstić information content (AvgIpc) is 2.42. The van der Waals surface area contributed by atoms with E-state index >= 15 is 0 Å². The second-order valence-corrected chi connectivity index (χ2v) is 6.63. The third kappa shape index (κ3) is 4.55. The van der Waals surface area contributed by atoms with Gasteiger partial charge >= 0.3 is 5.97 Å².